The van der Waals surface area contributed by atoms with E-state index in [1.54, 1.807) is 14.2 Å². The maximum absolute atomic E-state index is 5.46. The number of imidazole rings is 1. The second-order valence-electron chi connectivity index (χ2n) is 4.75. The summed E-state index contributed by atoms with van der Waals surface area (Å²) in [6.45, 7) is 2.93. The first-order valence-corrected chi connectivity index (χ1v) is 7.51. The van der Waals surface area contributed by atoms with Crippen LogP contribution < -0.4 is 4.74 Å². The number of aromatic amines is 1. The highest BCUT2D eigenvalue weighted by molar-refractivity contribution is 7.71. The van der Waals surface area contributed by atoms with Crippen molar-refractivity contribution in [1.29, 1.82) is 0 Å². The van der Waals surface area contributed by atoms with Crippen LogP contribution >= 0.6 is 12.2 Å². The number of H-pyrrole nitrogens is 1. The predicted octanol–water partition coefficient (Wildman–Crippen LogP) is 3.15. The van der Waals surface area contributed by atoms with Crippen LogP contribution in [0, 0.1) is 4.77 Å². The number of aryl methyl sites for hydroxylation is 1. The van der Waals surface area contributed by atoms with Gasteiger partial charge in [0, 0.05) is 20.3 Å². The second kappa shape index (κ2) is 8.17. The molecule has 0 fully saturated rings. The first-order valence-electron chi connectivity index (χ1n) is 7.10. The topological polar surface area (TPSA) is 48.4 Å². The van der Waals surface area contributed by atoms with Gasteiger partial charge in [-0.2, -0.15) is 0 Å². The maximum Gasteiger partial charge on any atom is 0.178 e. The minimum Gasteiger partial charge on any atom is -0.494 e. The average molecular weight is 310 g/mol. The summed E-state index contributed by atoms with van der Waals surface area (Å²) >= 11 is 5.40. The molecule has 0 unspecified atom stereocenters. The zero-order valence-corrected chi connectivity index (χ0v) is 13.4. The zero-order valence-electron chi connectivity index (χ0n) is 12.6. The lowest BCUT2D eigenvalue weighted by atomic mass is 10.2. The van der Waals surface area contributed by atoms with Gasteiger partial charge < -0.3 is 23.8 Å². The third-order valence-electron chi connectivity index (χ3n) is 3.34. The molecule has 2 aromatic rings. The molecule has 0 saturated carbocycles. The van der Waals surface area contributed by atoms with Crippen LogP contribution in [0.15, 0.2) is 18.2 Å². The van der Waals surface area contributed by atoms with Crippen LogP contribution in [0.25, 0.3) is 11.0 Å². The molecule has 0 radical (unpaired) electrons. The summed E-state index contributed by atoms with van der Waals surface area (Å²) in [4.78, 5) is 3.22. The lowest BCUT2D eigenvalue weighted by Gasteiger charge is -2.06. The van der Waals surface area contributed by atoms with Crippen molar-refractivity contribution in [2.75, 3.05) is 34.0 Å². The Kier molecular flexibility index (Phi) is 6.22. The van der Waals surface area contributed by atoms with E-state index in [-0.39, 0.29) is 0 Å². The molecule has 1 heterocycles. The summed E-state index contributed by atoms with van der Waals surface area (Å²) in [7, 11) is 3.34. The summed E-state index contributed by atoms with van der Waals surface area (Å²) in [5.41, 5.74) is 2.04. The van der Waals surface area contributed by atoms with Gasteiger partial charge in [-0.3, -0.25) is 0 Å². The van der Waals surface area contributed by atoms with Gasteiger partial charge in [-0.25, -0.2) is 0 Å². The van der Waals surface area contributed by atoms with Crippen molar-refractivity contribution in [3.63, 3.8) is 0 Å². The Hall–Kier alpha value is -1.37. The van der Waals surface area contributed by atoms with Crippen molar-refractivity contribution in [3.8, 4) is 5.75 Å². The molecule has 0 aliphatic carbocycles. The van der Waals surface area contributed by atoms with Crippen LogP contribution in [0.2, 0.25) is 0 Å². The number of nitrogens with one attached hydrogen (secondary N) is 1. The van der Waals surface area contributed by atoms with E-state index in [1.165, 1.54) is 0 Å². The number of methoxy groups -OCH3 is 2. The van der Waals surface area contributed by atoms with Crippen LogP contribution in [0.3, 0.4) is 0 Å². The minimum atomic E-state index is 0.646. The van der Waals surface area contributed by atoms with Crippen molar-refractivity contribution in [1.82, 2.24) is 9.55 Å². The molecule has 6 heteroatoms. The molecule has 1 N–H and O–H groups in total. The molecule has 116 valence electrons. The Morgan fingerprint density at radius 3 is 2.76 bits per heavy atom. The van der Waals surface area contributed by atoms with E-state index in [9.17, 15) is 0 Å². The second-order valence-corrected chi connectivity index (χ2v) is 5.14. The van der Waals surface area contributed by atoms with Crippen molar-refractivity contribution >= 4 is 23.3 Å². The number of hydrogen-bond donors (Lipinski definition) is 1. The third-order valence-corrected chi connectivity index (χ3v) is 3.67. The monoisotopic (exact) mass is 310 g/mol. The largest absolute Gasteiger partial charge is 0.494 e. The first-order chi connectivity index (χ1) is 10.3. The first kappa shape index (κ1) is 16.0. The highest BCUT2D eigenvalue weighted by Gasteiger charge is 2.08. The molecule has 1 aromatic heterocycles. The molecule has 21 heavy (non-hydrogen) atoms. The standard InChI is InChI=1S/C15H22N2O3S/c1-18-10-11-20-9-4-3-8-17-12-6-5-7-13(19-2)14(12)16-15(17)21/h5-7H,3-4,8-11H2,1-2H3,(H,16,21). The van der Waals surface area contributed by atoms with Gasteiger partial charge in [0.25, 0.3) is 0 Å². The van der Waals surface area contributed by atoms with E-state index in [0.717, 1.165) is 47.5 Å². The zero-order chi connectivity index (χ0) is 15.1. The van der Waals surface area contributed by atoms with E-state index in [2.05, 4.69) is 15.6 Å². The number of benzene rings is 1. The molecule has 0 spiro atoms. The Labute approximate surface area is 129 Å². The van der Waals surface area contributed by atoms with Crippen LogP contribution in [-0.4, -0.2) is 43.6 Å². The molecule has 0 amide bonds. The van der Waals surface area contributed by atoms with Crippen LogP contribution in [-0.2, 0) is 16.0 Å². The number of para-hydroxylation sites is 1. The Morgan fingerprint density at radius 1 is 1.14 bits per heavy atom. The van der Waals surface area contributed by atoms with Gasteiger partial charge in [0.15, 0.2) is 4.77 Å². The van der Waals surface area contributed by atoms with E-state index < -0.39 is 0 Å². The fraction of sp³-hybridized carbons (Fsp3) is 0.533. The van der Waals surface area contributed by atoms with Gasteiger partial charge in [0.05, 0.1) is 25.8 Å². The fourth-order valence-electron chi connectivity index (χ4n) is 2.26. The quantitative estimate of drug-likeness (QED) is 0.571. The SMILES string of the molecule is COCCOCCCCn1c(=S)[nH]c2c(OC)cccc21. The molecule has 0 atom stereocenters. The number of rotatable bonds is 9. The molecule has 0 aliphatic heterocycles. The van der Waals surface area contributed by atoms with Crippen LogP contribution in [0.1, 0.15) is 12.8 Å². The normalized spacial score (nSPS) is 11.1. The summed E-state index contributed by atoms with van der Waals surface area (Å²) in [5.74, 6) is 0.820. The smallest absolute Gasteiger partial charge is 0.178 e. The molecular formula is C15H22N2O3S. The Morgan fingerprint density at radius 2 is 2.00 bits per heavy atom. The predicted molar refractivity (Wildman–Crippen MR) is 85.6 cm³/mol. The third kappa shape index (κ3) is 4.06. The molecule has 1 aromatic carbocycles. The summed E-state index contributed by atoms with van der Waals surface area (Å²) < 4.78 is 18.6. The van der Waals surface area contributed by atoms with Crippen molar-refractivity contribution in [2.45, 2.75) is 19.4 Å². The molecule has 2 rings (SSSR count). The van der Waals surface area contributed by atoms with E-state index >= 15 is 0 Å². The Bertz CT molecular complexity index is 621. The van der Waals surface area contributed by atoms with Gasteiger partial charge in [-0.05, 0) is 37.2 Å². The Balaban J connectivity index is 1.93. The van der Waals surface area contributed by atoms with Gasteiger partial charge in [0.2, 0.25) is 0 Å². The lowest BCUT2D eigenvalue weighted by molar-refractivity contribution is 0.0684. The highest BCUT2D eigenvalue weighted by Crippen LogP contribution is 2.24. The molecule has 5 nitrogen and oxygen atoms in total. The number of aromatic nitrogens is 2. The van der Waals surface area contributed by atoms with Gasteiger partial charge >= 0.3 is 0 Å². The number of hydrogen-bond acceptors (Lipinski definition) is 4. The molecule has 0 saturated heterocycles. The van der Waals surface area contributed by atoms with Crippen LogP contribution in [0.4, 0.5) is 0 Å². The number of fused-ring (bicyclic) bond motifs is 1. The van der Waals surface area contributed by atoms with Crippen molar-refractivity contribution < 1.29 is 14.2 Å². The minimum absolute atomic E-state index is 0.646. The molecular weight excluding hydrogens is 288 g/mol. The van der Waals surface area contributed by atoms with E-state index in [0.29, 0.717) is 13.2 Å². The highest BCUT2D eigenvalue weighted by atomic mass is 32.1. The maximum atomic E-state index is 5.46. The van der Waals surface area contributed by atoms with Crippen molar-refractivity contribution in [3.05, 3.63) is 23.0 Å². The number of ether oxygens (including phenoxy) is 3. The van der Waals surface area contributed by atoms with E-state index in [4.69, 9.17) is 26.4 Å². The van der Waals surface area contributed by atoms with Gasteiger partial charge in [-0.15, -0.1) is 0 Å². The average Bonchev–Trinajstić information content (AvgIpc) is 2.82. The fourth-order valence-corrected chi connectivity index (χ4v) is 2.56. The summed E-state index contributed by atoms with van der Waals surface area (Å²) in [6.07, 6.45) is 2.02. The lowest BCUT2D eigenvalue weighted by Crippen LogP contribution is -2.04. The van der Waals surface area contributed by atoms with Gasteiger partial charge in [-0.1, -0.05) is 6.07 Å². The summed E-state index contributed by atoms with van der Waals surface area (Å²) in [5, 5.41) is 0. The van der Waals surface area contributed by atoms with Gasteiger partial charge in [0.1, 0.15) is 11.3 Å². The summed E-state index contributed by atoms with van der Waals surface area (Å²) in [6, 6.07) is 5.97. The number of unbranched alkanes of at least 4 members (excludes halogenated alkanes) is 1. The van der Waals surface area contributed by atoms with Crippen LogP contribution in [0.5, 0.6) is 5.75 Å². The molecule has 0 aliphatic rings. The van der Waals surface area contributed by atoms with Crippen molar-refractivity contribution in [2.24, 2.45) is 0 Å². The van der Waals surface area contributed by atoms with E-state index in [1.807, 2.05) is 12.1 Å². The number of nitrogens with zero attached hydrogens (tertiary/aromatic N) is 1. The molecule has 0 bridgehead atoms.